The normalized spacial score (nSPS) is 15.6. The van der Waals surface area contributed by atoms with Crippen molar-refractivity contribution in [2.45, 2.75) is 32.6 Å². The van der Waals surface area contributed by atoms with E-state index in [0.29, 0.717) is 23.8 Å². The van der Waals surface area contributed by atoms with E-state index in [-0.39, 0.29) is 5.91 Å². The van der Waals surface area contributed by atoms with E-state index in [0.717, 1.165) is 5.56 Å². The number of nitrogens with two attached hydrogens (primary N) is 1. The van der Waals surface area contributed by atoms with Gasteiger partial charge in [0.05, 0.1) is 11.9 Å². The fourth-order valence-corrected chi connectivity index (χ4v) is 1.79. The molecule has 0 atom stereocenters. The zero-order valence-corrected chi connectivity index (χ0v) is 9.49. The number of anilines is 2. The highest BCUT2D eigenvalue weighted by molar-refractivity contribution is 5.90. The van der Waals surface area contributed by atoms with E-state index in [2.05, 4.69) is 10.3 Å². The first-order valence-corrected chi connectivity index (χ1v) is 5.67. The molecule has 3 N–H and O–H groups in total. The van der Waals surface area contributed by atoms with Gasteiger partial charge in [-0.25, -0.2) is 4.98 Å². The van der Waals surface area contributed by atoms with Crippen LogP contribution in [-0.4, -0.2) is 10.9 Å². The smallest absolute Gasteiger partial charge is 0.225 e. The predicted octanol–water partition coefficient (Wildman–Crippen LogP) is 2.10. The lowest BCUT2D eigenvalue weighted by molar-refractivity contribution is -0.117. The van der Waals surface area contributed by atoms with Crippen LogP contribution >= 0.6 is 0 Å². The van der Waals surface area contributed by atoms with Crippen LogP contribution in [0.5, 0.6) is 0 Å². The molecule has 1 aliphatic rings. The molecule has 2 rings (SSSR count). The summed E-state index contributed by atoms with van der Waals surface area (Å²) in [6, 6.07) is 1.80. The molecule has 0 radical (unpaired) electrons. The highest BCUT2D eigenvalue weighted by Gasteiger charge is 2.20. The number of carbonyl (C=O) groups excluding carboxylic acids is 1. The van der Waals surface area contributed by atoms with Crippen LogP contribution in [0, 0.1) is 12.8 Å². The molecule has 16 heavy (non-hydrogen) atoms. The largest absolute Gasteiger partial charge is 0.397 e. The zero-order chi connectivity index (χ0) is 11.5. The molecule has 4 nitrogen and oxygen atoms in total. The summed E-state index contributed by atoms with van der Waals surface area (Å²) in [7, 11) is 0. The minimum absolute atomic E-state index is 0.0568. The van der Waals surface area contributed by atoms with Crippen molar-refractivity contribution < 1.29 is 4.79 Å². The van der Waals surface area contributed by atoms with Crippen molar-refractivity contribution in [1.29, 1.82) is 0 Å². The molecule has 1 saturated carbocycles. The monoisotopic (exact) mass is 219 g/mol. The van der Waals surface area contributed by atoms with Crippen LogP contribution < -0.4 is 11.1 Å². The van der Waals surface area contributed by atoms with Crippen LogP contribution in [0.15, 0.2) is 12.3 Å². The molecule has 4 heteroatoms. The Kier molecular flexibility index (Phi) is 3.08. The van der Waals surface area contributed by atoms with E-state index in [4.69, 9.17) is 5.73 Å². The lowest BCUT2D eigenvalue weighted by atomic mass is 9.83. The fourth-order valence-electron chi connectivity index (χ4n) is 1.79. The molecule has 0 saturated heterocycles. The van der Waals surface area contributed by atoms with E-state index in [1.165, 1.54) is 19.3 Å². The maximum absolute atomic E-state index is 11.6. The van der Waals surface area contributed by atoms with E-state index in [1.54, 1.807) is 12.3 Å². The summed E-state index contributed by atoms with van der Waals surface area (Å²) >= 11 is 0. The Balaban J connectivity index is 1.92. The molecule has 1 aliphatic carbocycles. The minimum Gasteiger partial charge on any atom is -0.397 e. The molecule has 0 aliphatic heterocycles. The average molecular weight is 219 g/mol. The number of nitrogen functional groups attached to an aromatic ring is 1. The van der Waals surface area contributed by atoms with Gasteiger partial charge < -0.3 is 11.1 Å². The lowest BCUT2D eigenvalue weighted by Crippen LogP contribution is -2.21. The highest BCUT2D eigenvalue weighted by atomic mass is 16.1. The first kappa shape index (κ1) is 10.9. The number of aryl methyl sites for hydroxylation is 1. The molecular formula is C12H17N3O. The molecule has 0 aromatic carbocycles. The van der Waals surface area contributed by atoms with Gasteiger partial charge in [-0.15, -0.1) is 0 Å². The number of hydrogen-bond acceptors (Lipinski definition) is 3. The summed E-state index contributed by atoms with van der Waals surface area (Å²) in [5.74, 6) is 1.23. The van der Waals surface area contributed by atoms with Crippen molar-refractivity contribution in [3.63, 3.8) is 0 Å². The van der Waals surface area contributed by atoms with Gasteiger partial charge in [0.2, 0.25) is 5.91 Å². The van der Waals surface area contributed by atoms with Crippen LogP contribution in [0.1, 0.15) is 31.2 Å². The van der Waals surface area contributed by atoms with Crippen molar-refractivity contribution in [3.05, 3.63) is 17.8 Å². The van der Waals surface area contributed by atoms with Gasteiger partial charge in [0.25, 0.3) is 0 Å². The van der Waals surface area contributed by atoms with Gasteiger partial charge in [0, 0.05) is 6.42 Å². The Morgan fingerprint density at radius 1 is 1.62 bits per heavy atom. The molecule has 1 aromatic rings. The zero-order valence-electron chi connectivity index (χ0n) is 9.49. The summed E-state index contributed by atoms with van der Waals surface area (Å²) < 4.78 is 0. The third-order valence-electron chi connectivity index (χ3n) is 3.12. The predicted molar refractivity (Wildman–Crippen MR) is 64.0 cm³/mol. The summed E-state index contributed by atoms with van der Waals surface area (Å²) in [6.07, 6.45) is 5.82. The number of rotatable bonds is 3. The molecule has 1 amide bonds. The third kappa shape index (κ3) is 2.51. The number of aromatic nitrogens is 1. The Morgan fingerprint density at radius 2 is 2.38 bits per heavy atom. The maximum atomic E-state index is 11.6. The number of carbonyl (C=O) groups is 1. The number of amides is 1. The van der Waals surface area contributed by atoms with E-state index < -0.39 is 0 Å². The van der Waals surface area contributed by atoms with Gasteiger partial charge in [0.1, 0.15) is 5.82 Å². The van der Waals surface area contributed by atoms with Gasteiger partial charge >= 0.3 is 0 Å². The van der Waals surface area contributed by atoms with Gasteiger partial charge in [-0.3, -0.25) is 4.79 Å². The Bertz CT molecular complexity index is 399. The summed E-state index contributed by atoms with van der Waals surface area (Å²) in [6.45, 7) is 1.90. The second kappa shape index (κ2) is 4.51. The molecule has 1 fully saturated rings. The quantitative estimate of drug-likeness (QED) is 0.818. The molecule has 0 bridgehead atoms. The first-order valence-electron chi connectivity index (χ1n) is 5.67. The standard InChI is InChI=1S/C12H17N3O/c1-8-5-11(14-7-10(8)13)15-12(16)6-9-3-2-4-9/h5,7,9H,2-4,6,13H2,1H3,(H,14,15,16). The second-order valence-electron chi connectivity index (χ2n) is 4.48. The highest BCUT2D eigenvalue weighted by Crippen LogP contribution is 2.29. The van der Waals surface area contributed by atoms with Crippen molar-refractivity contribution in [2.75, 3.05) is 11.1 Å². The van der Waals surface area contributed by atoms with Crippen molar-refractivity contribution in [1.82, 2.24) is 4.98 Å². The van der Waals surface area contributed by atoms with E-state index in [9.17, 15) is 4.79 Å². The van der Waals surface area contributed by atoms with Crippen molar-refractivity contribution in [3.8, 4) is 0 Å². The lowest BCUT2D eigenvalue weighted by Gasteiger charge is -2.24. The van der Waals surface area contributed by atoms with Gasteiger partial charge in [-0.05, 0) is 37.3 Å². The van der Waals surface area contributed by atoms with Gasteiger partial charge in [0.15, 0.2) is 0 Å². The van der Waals surface area contributed by atoms with Crippen molar-refractivity contribution in [2.24, 2.45) is 5.92 Å². The third-order valence-corrected chi connectivity index (χ3v) is 3.12. The van der Waals surface area contributed by atoms with Crippen LogP contribution in [-0.2, 0) is 4.79 Å². The summed E-state index contributed by atoms with van der Waals surface area (Å²) in [5, 5.41) is 2.80. The van der Waals surface area contributed by atoms with Crippen LogP contribution in [0.25, 0.3) is 0 Å². The Morgan fingerprint density at radius 3 is 2.94 bits per heavy atom. The fraction of sp³-hybridized carbons (Fsp3) is 0.500. The minimum atomic E-state index is 0.0568. The molecular weight excluding hydrogens is 202 g/mol. The van der Waals surface area contributed by atoms with Crippen LogP contribution in [0.2, 0.25) is 0 Å². The molecule has 0 spiro atoms. The molecule has 0 unspecified atom stereocenters. The number of hydrogen-bond donors (Lipinski definition) is 2. The van der Waals surface area contributed by atoms with E-state index in [1.807, 2.05) is 6.92 Å². The Labute approximate surface area is 95.3 Å². The van der Waals surface area contributed by atoms with Crippen LogP contribution in [0.3, 0.4) is 0 Å². The SMILES string of the molecule is Cc1cc(NC(=O)CC2CCC2)ncc1N. The summed E-state index contributed by atoms with van der Waals surface area (Å²) in [4.78, 5) is 15.7. The maximum Gasteiger partial charge on any atom is 0.225 e. The molecule has 1 aromatic heterocycles. The van der Waals surface area contributed by atoms with E-state index >= 15 is 0 Å². The van der Waals surface area contributed by atoms with Gasteiger partial charge in [-0.2, -0.15) is 0 Å². The molecule has 1 heterocycles. The molecule has 86 valence electrons. The number of pyridine rings is 1. The Hall–Kier alpha value is -1.58. The van der Waals surface area contributed by atoms with Gasteiger partial charge in [-0.1, -0.05) is 6.42 Å². The number of nitrogens with zero attached hydrogens (tertiary/aromatic N) is 1. The summed E-state index contributed by atoms with van der Waals surface area (Å²) in [5.41, 5.74) is 7.24. The van der Waals surface area contributed by atoms with Crippen molar-refractivity contribution >= 4 is 17.4 Å². The average Bonchev–Trinajstić information content (AvgIpc) is 2.18. The second-order valence-corrected chi connectivity index (χ2v) is 4.48. The number of nitrogens with one attached hydrogen (secondary N) is 1. The first-order chi connectivity index (χ1) is 7.65. The topological polar surface area (TPSA) is 68.0 Å². The van der Waals surface area contributed by atoms with Crippen LogP contribution in [0.4, 0.5) is 11.5 Å².